The van der Waals surface area contributed by atoms with E-state index in [0.29, 0.717) is 23.5 Å². The molecule has 7 nitrogen and oxygen atoms in total. The molecule has 1 unspecified atom stereocenters. The van der Waals surface area contributed by atoms with Gasteiger partial charge in [-0.15, -0.1) is 0 Å². The van der Waals surface area contributed by atoms with Gasteiger partial charge in [-0.3, -0.25) is 9.52 Å². The van der Waals surface area contributed by atoms with E-state index in [1.54, 1.807) is 18.1 Å². The lowest BCUT2D eigenvalue weighted by Gasteiger charge is -2.25. The summed E-state index contributed by atoms with van der Waals surface area (Å²) in [6.07, 6.45) is 3.60. The molecule has 1 aromatic heterocycles. The Kier molecular flexibility index (Phi) is 6.92. The van der Waals surface area contributed by atoms with Crippen molar-refractivity contribution in [3.63, 3.8) is 0 Å². The number of ether oxygens (including phenoxy) is 1. The van der Waals surface area contributed by atoms with Gasteiger partial charge in [0.2, 0.25) is 0 Å². The maximum absolute atomic E-state index is 12.4. The van der Waals surface area contributed by atoms with Gasteiger partial charge in [0.25, 0.3) is 5.56 Å². The van der Waals surface area contributed by atoms with Gasteiger partial charge in [0.15, 0.2) is 0 Å². The SMILES string of the molecule is CCNSc1ccc(N=C(N)c2c(NC3CCCOC3)cc[nH]c2=O)cc1. The molecule has 1 aliphatic rings. The Labute approximate surface area is 162 Å². The number of aromatic amines is 1. The molecule has 8 heteroatoms. The highest BCUT2D eigenvalue weighted by Crippen LogP contribution is 2.21. The molecule has 144 valence electrons. The number of pyridine rings is 1. The Morgan fingerprint density at radius 2 is 2.19 bits per heavy atom. The summed E-state index contributed by atoms with van der Waals surface area (Å²) in [4.78, 5) is 20.6. The van der Waals surface area contributed by atoms with Gasteiger partial charge in [-0.2, -0.15) is 0 Å². The second-order valence-electron chi connectivity index (χ2n) is 6.24. The summed E-state index contributed by atoms with van der Waals surface area (Å²) in [6.45, 7) is 4.34. The van der Waals surface area contributed by atoms with E-state index in [-0.39, 0.29) is 17.4 Å². The summed E-state index contributed by atoms with van der Waals surface area (Å²) in [6, 6.07) is 9.66. The Hall–Kier alpha value is -2.29. The van der Waals surface area contributed by atoms with Gasteiger partial charge < -0.3 is 20.8 Å². The van der Waals surface area contributed by atoms with Crippen molar-refractivity contribution in [3.8, 4) is 0 Å². The Bertz CT molecular complexity index is 829. The number of rotatable bonds is 7. The highest BCUT2D eigenvalue weighted by atomic mass is 32.2. The molecule has 1 atom stereocenters. The maximum Gasteiger partial charge on any atom is 0.261 e. The molecule has 0 bridgehead atoms. The van der Waals surface area contributed by atoms with Crippen molar-refractivity contribution in [1.82, 2.24) is 9.71 Å². The fraction of sp³-hybridized carbons (Fsp3) is 0.368. The molecular formula is C19H25N5O2S. The van der Waals surface area contributed by atoms with E-state index < -0.39 is 0 Å². The second-order valence-corrected chi connectivity index (χ2v) is 7.21. The van der Waals surface area contributed by atoms with Gasteiger partial charge in [-0.25, -0.2) is 4.99 Å². The molecule has 0 aliphatic carbocycles. The molecule has 1 aromatic carbocycles. The van der Waals surface area contributed by atoms with Crippen LogP contribution < -0.4 is 21.3 Å². The zero-order valence-electron chi connectivity index (χ0n) is 15.3. The lowest BCUT2D eigenvalue weighted by atomic mass is 10.1. The van der Waals surface area contributed by atoms with Gasteiger partial charge >= 0.3 is 0 Å². The molecule has 0 radical (unpaired) electrons. The van der Waals surface area contributed by atoms with Crippen LogP contribution in [0.25, 0.3) is 0 Å². The summed E-state index contributed by atoms with van der Waals surface area (Å²) in [5.74, 6) is 0.183. The fourth-order valence-electron chi connectivity index (χ4n) is 2.87. The van der Waals surface area contributed by atoms with E-state index in [1.807, 2.05) is 30.3 Å². The fourth-order valence-corrected chi connectivity index (χ4v) is 3.45. The van der Waals surface area contributed by atoms with Crippen molar-refractivity contribution in [2.24, 2.45) is 10.7 Å². The van der Waals surface area contributed by atoms with Crippen LogP contribution in [-0.4, -0.2) is 36.6 Å². The zero-order valence-corrected chi connectivity index (χ0v) is 16.1. The van der Waals surface area contributed by atoms with Crippen molar-refractivity contribution < 1.29 is 4.74 Å². The third kappa shape index (κ3) is 5.35. The lowest BCUT2D eigenvalue weighted by molar-refractivity contribution is 0.0876. The normalized spacial score (nSPS) is 17.7. The number of nitrogens with zero attached hydrogens (tertiary/aromatic N) is 1. The number of nitrogens with one attached hydrogen (secondary N) is 3. The van der Waals surface area contributed by atoms with Crippen LogP contribution in [0.2, 0.25) is 0 Å². The quantitative estimate of drug-likeness (QED) is 0.331. The first kappa shape index (κ1) is 19.5. The monoisotopic (exact) mass is 387 g/mol. The highest BCUT2D eigenvalue weighted by molar-refractivity contribution is 7.97. The van der Waals surface area contributed by atoms with Crippen molar-refractivity contribution in [2.75, 3.05) is 25.1 Å². The summed E-state index contributed by atoms with van der Waals surface area (Å²) < 4.78 is 8.70. The standard InChI is InChI=1S/C19H25N5O2S/c1-2-22-27-15-7-5-13(6-8-15)24-18(20)17-16(9-10-21-19(17)25)23-14-4-3-11-26-12-14/h5-10,14,22H,2-4,11-12H2,1H3,(H2,20,24)(H2,21,23,25). The minimum Gasteiger partial charge on any atom is -0.383 e. The van der Waals surface area contributed by atoms with E-state index in [4.69, 9.17) is 10.5 Å². The topological polar surface area (TPSA) is 105 Å². The summed E-state index contributed by atoms with van der Waals surface area (Å²) in [5.41, 5.74) is 7.66. The molecule has 0 amide bonds. The smallest absolute Gasteiger partial charge is 0.261 e. The lowest BCUT2D eigenvalue weighted by Crippen LogP contribution is -2.33. The van der Waals surface area contributed by atoms with Gasteiger partial charge in [0.1, 0.15) is 11.4 Å². The molecule has 1 saturated heterocycles. The van der Waals surface area contributed by atoms with Crippen LogP contribution in [0.3, 0.4) is 0 Å². The number of H-pyrrole nitrogens is 1. The van der Waals surface area contributed by atoms with Crippen LogP contribution in [0.1, 0.15) is 25.3 Å². The van der Waals surface area contributed by atoms with Gasteiger partial charge in [-0.1, -0.05) is 6.92 Å². The number of hydrogen-bond donors (Lipinski definition) is 4. The molecule has 1 fully saturated rings. The number of benzene rings is 1. The van der Waals surface area contributed by atoms with Crippen LogP contribution in [0.15, 0.2) is 51.2 Å². The molecule has 0 spiro atoms. The maximum atomic E-state index is 12.4. The number of nitrogens with two attached hydrogens (primary N) is 1. The van der Waals surface area contributed by atoms with E-state index in [0.717, 1.165) is 30.9 Å². The van der Waals surface area contributed by atoms with E-state index in [2.05, 4.69) is 26.9 Å². The molecule has 1 aliphatic heterocycles. The minimum atomic E-state index is -0.266. The number of aliphatic imine (C=N–C) groups is 1. The molecule has 2 aromatic rings. The van der Waals surface area contributed by atoms with Crippen molar-refractivity contribution in [1.29, 1.82) is 0 Å². The first-order valence-electron chi connectivity index (χ1n) is 9.07. The minimum absolute atomic E-state index is 0.162. The number of anilines is 1. The highest BCUT2D eigenvalue weighted by Gasteiger charge is 2.18. The average molecular weight is 388 g/mol. The van der Waals surface area contributed by atoms with E-state index in [9.17, 15) is 4.79 Å². The van der Waals surface area contributed by atoms with Crippen molar-refractivity contribution in [3.05, 3.63) is 52.4 Å². The van der Waals surface area contributed by atoms with Crippen LogP contribution >= 0.6 is 11.9 Å². The Balaban J connectivity index is 1.81. The number of aromatic nitrogens is 1. The molecule has 2 heterocycles. The molecular weight excluding hydrogens is 362 g/mol. The van der Waals surface area contributed by atoms with Gasteiger partial charge in [0, 0.05) is 30.3 Å². The van der Waals surface area contributed by atoms with Crippen LogP contribution in [0.4, 0.5) is 11.4 Å². The number of amidine groups is 1. The largest absolute Gasteiger partial charge is 0.383 e. The van der Waals surface area contributed by atoms with Crippen molar-refractivity contribution >= 4 is 29.2 Å². The molecule has 5 N–H and O–H groups in total. The van der Waals surface area contributed by atoms with Crippen LogP contribution in [-0.2, 0) is 4.74 Å². The van der Waals surface area contributed by atoms with Crippen molar-refractivity contribution in [2.45, 2.75) is 30.7 Å². The summed E-state index contributed by atoms with van der Waals surface area (Å²) >= 11 is 1.56. The summed E-state index contributed by atoms with van der Waals surface area (Å²) in [5, 5.41) is 3.37. The van der Waals surface area contributed by atoms with E-state index >= 15 is 0 Å². The Morgan fingerprint density at radius 3 is 2.89 bits per heavy atom. The van der Waals surface area contributed by atoms with Crippen LogP contribution in [0, 0.1) is 0 Å². The Morgan fingerprint density at radius 1 is 1.37 bits per heavy atom. The van der Waals surface area contributed by atoms with Crippen LogP contribution in [0.5, 0.6) is 0 Å². The number of hydrogen-bond acceptors (Lipinski definition) is 6. The average Bonchev–Trinajstić information content (AvgIpc) is 2.68. The molecule has 0 saturated carbocycles. The predicted octanol–water partition coefficient (Wildman–Crippen LogP) is 2.62. The second kappa shape index (κ2) is 9.59. The zero-order chi connectivity index (χ0) is 19.1. The van der Waals surface area contributed by atoms with Gasteiger partial charge in [0.05, 0.1) is 18.0 Å². The van der Waals surface area contributed by atoms with E-state index in [1.165, 1.54) is 0 Å². The predicted molar refractivity (Wildman–Crippen MR) is 111 cm³/mol. The third-order valence-electron chi connectivity index (χ3n) is 4.16. The first-order valence-corrected chi connectivity index (χ1v) is 9.89. The molecule has 3 rings (SSSR count). The molecule has 27 heavy (non-hydrogen) atoms. The summed E-state index contributed by atoms with van der Waals surface area (Å²) in [7, 11) is 0. The first-order chi connectivity index (χ1) is 13.2. The van der Waals surface area contributed by atoms with Gasteiger partial charge in [-0.05, 0) is 55.1 Å². The third-order valence-corrected chi connectivity index (χ3v) is 5.10.